The summed E-state index contributed by atoms with van der Waals surface area (Å²) in [5.74, 6) is -0.869. The number of aromatic nitrogens is 4. The van der Waals surface area contributed by atoms with Gasteiger partial charge < -0.3 is 5.32 Å². The Morgan fingerprint density at radius 3 is 2.38 bits per heavy atom. The molecule has 5 nitrogen and oxygen atoms in total. The lowest BCUT2D eigenvalue weighted by atomic mass is 10.3. The van der Waals surface area contributed by atoms with E-state index >= 15 is 0 Å². The number of halogens is 2. The number of benzene rings is 2. The van der Waals surface area contributed by atoms with Crippen LogP contribution in [-0.2, 0) is 6.54 Å². The molecule has 2 aromatic carbocycles. The van der Waals surface area contributed by atoms with E-state index in [0.717, 1.165) is 5.69 Å². The number of nitrogens with zero attached hydrogens (tertiary/aromatic N) is 4. The molecule has 1 heterocycles. The van der Waals surface area contributed by atoms with Crippen molar-refractivity contribution in [2.45, 2.75) is 6.54 Å². The van der Waals surface area contributed by atoms with E-state index < -0.39 is 11.6 Å². The van der Waals surface area contributed by atoms with Crippen LogP contribution in [0.25, 0.3) is 5.69 Å². The molecule has 1 aromatic heterocycles. The molecule has 1 N–H and O–H groups in total. The molecule has 0 aliphatic carbocycles. The quantitative estimate of drug-likeness (QED) is 0.801. The first kappa shape index (κ1) is 13.2. The third-order valence-electron chi connectivity index (χ3n) is 2.92. The van der Waals surface area contributed by atoms with E-state index in [4.69, 9.17) is 0 Å². The lowest BCUT2D eigenvalue weighted by Crippen LogP contribution is -2.10. The van der Waals surface area contributed by atoms with E-state index in [1.165, 1.54) is 22.9 Å². The van der Waals surface area contributed by atoms with Crippen LogP contribution in [-0.4, -0.2) is 20.2 Å². The molecule has 0 spiro atoms. The molecule has 106 valence electrons. The number of nitrogens with one attached hydrogen (secondary N) is 1. The van der Waals surface area contributed by atoms with Crippen LogP contribution < -0.4 is 5.32 Å². The fraction of sp³-hybridized carbons (Fsp3) is 0.0714. The highest BCUT2D eigenvalue weighted by atomic mass is 19.1. The molecule has 7 heteroatoms. The predicted molar refractivity (Wildman–Crippen MR) is 72.8 cm³/mol. The molecule has 0 saturated heterocycles. The van der Waals surface area contributed by atoms with Gasteiger partial charge in [0.05, 0.1) is 12.2 Å². The van der Waals surface area contributed by atoms with Crippen LogP contribution in [0.15, 0.2) is 48.5 Å². The average molecular weight is 287 g/mol. The molecule has 0 aliphatic heterocycles. The minimum atomic E-state index is -0.659. The van der Waals surface area contributed by atoms with Crippen molar-refractivity contribution in [3.05, 3.63) is 66.0 Å². The number of para-hydroxylation sites is 2. The van der Waals surface area contributed by atoms with Crippen LogP contribution in [0.3, 0.4) is 0 Å². The summed E-state index contributed by atoms with van der Waals surface area (Å²) in [6, 6.07) is 12.9. The zero-order valence-electron chi connectivity index (χ0n) is 10.9. The van der Waals surface area contributed by atoms with Crippen molar-refractivity contribution in [2.75, 3.05) is 5.32 Å². The first-order valence-corrected chi connectivity index (χ1v) is 6.26. The molecule has 0 atom stereocenters. The lowest BCUT2D eigenvalue weighted by molar-refractivity contribution is 0.587. The van der Waals surface area contributed by atoms with E-state index in [-0.39, 0.29) is 12.2 Å². The van der Waals surface area contributed by atoms with Gasteiger partial charge in [-0.1, -0.05) is 24.3 Å². The number of rotatable bonds is 4. The summed E-state index contributed by atoms with van der Waals surface area (Å²) in [6.45, 7) is 0.0970. The van der Waals surface area contributed by atoms with E-state index in [1.54, 1.807) is 0 Å². The third kappa shape index (κ3) is 2.71. The Hall–Kier alpha value is -2.83. The van der Waals surface area contributed by atoms with Gasteiger partial charge in [0.25, 0.3) is 0 Å². The Balaban J connectivity index is 1.83. The van der Waals surface area contributed by atoms with Crippen LogP contribution in [0.4, 0.5) is 14.5 Å². The van der Waals surface area contributed by atoms with Gasteiger partial charge in [-0.25, -0.2) is 8.78 Å². The van der Waals surface area contributed by atoms with E-state index in [2.05, 4.69) is 20.8 Å². The van der Waals surface area contributed by atoms with Crippen LogP contribution in [0.1, 0.15) is 5.82 Å². The van der Waals surface area contributed by atoms with Gasteiger partial charge in [0.15, 0.2) is 5.82 Å². The molecule has 0 fully saturated rings. The van der Waals surface area contributed by atoms with Crippen molar-refractivity contribution in [2.24, 2.45) is 0 Å². The summed E-state index contributed by atoms with van der Waals surface area (Å²) < 4.78 is 28.6. The lowest BCUT2D eigenvalue weighted by Gasteiger charge is -2.08. The normalized spacial score (nSPS) is 10.6. The summed E-state index contributed by atoms with van der Waals surface area (Å²) in [4.78, 5) is 0. The molecule has 0 amide bonds. The highest BCUT2D eigenvalue weighted by molar-refractivity contribution is 5.46. The summed E-state index contributed by atoms with van der Waals surface area (Å²) >= 11 is 0. The standard InChI is InChI=1S/C14H11F2N5/c15-11-7-4-8-12(16)14(11)17-9-13-18-19-20-21(13)10-5-2-1-3-6-10/h1-8,17H,9H2. The van der Waals surface area contributed by atoms with Crippen molar-refractivity contribution >= 4 is 5.69 Å². The summed E-state index contributed by atoms with van der Waals surface area (Å²) in [5, 5.41) is 14.0. The Morgan fingerprint density at radius 1 is 0.952 bits per heavy atom. The van der Waals surface area contributed by atoms with Gasteiger partial charge in [-0.05, 0) is 34.7 Å². The summed E-state index contributed by atoms with van der Waals surface area (Å²) in [7, 11) is 0. The summed E-state index contributed by atoms with van der Waals surface area (Å²) in [6.07, 6.45) is 0. The minimum Gasteiger partial charge on any atom is -0.373 e. The Labute approximate surface area is 119 Å². The number of tetrazole rings is 1. The minimum absolute atomic E-state index is 0.0970. The topological polar surface area (TPSA) is 55.6 Å². The monoisotopic (exact) mass is 287 g/mol. The summed E-state index contributed by atoms with van der Waals surface area (Å²) in [5.41, 5.74) is 0.577. The first-order valence-electron chi connectivity index (χ1n) is 6.26. The maximum absolute atomic E-state index is 13.5. The Morgan fingerprint density at radius 2 is 1.67 bits per heavy atom. The maximum Gasteiger partial charge on any atom is 0.175 e. The van der Waals surface area contributed by atoms with E-state index in [1.807, 2.05) is 30.3 Å². The maximum atomic E-state index is 13.5. The van der Waals surface area contributed by atoms with Gasteiger partial charge in [-0.15, -0.1) is 5.10 Å². The fourth-order valence-corrected chi connectivity index (χ4v) is 1.92. The zero-order valence-corrected chi connectivity index (χ0v) is 10.9. The molecule has 0 radical (unpaired) electrons. The molecular formula is C14H11F2N5. The number of hydrogen-bond acceptors (Lipinski definition) is 4. The molecule has 3 aromatic rings. The smallest absolute Gasteiger partial charge is 0.175 e. The molecule has 21 heavy (non-hydrogen) atoms. The molecule has 0 saturated carbocycles. The van der Waals surface area contributed by atoms with Crippen LogP contribution in [0, 0.1) is 11.6 Å². The van der Waals surface area contributed by atoms with Gasteiger partial charge >= 0.3 is 0 Å². The Bertz CT molecular complexity index is 722. The van der Waals surface area contributed by atoms with E-state index in [9.17, 15) is 8.78 Å². The van der Waals surface area contributed by atoms with Crippen LogP contribution in [0.5, 0.6) is 0 Å². The van der Waals surface area contributed by atoms with Gasteiger partial charge in [0.2, 0.25) is 0 Å². The average Bonchev–Trinajstić information content (AvgIpc) is 2.96. The number of anilines is 1. The SMILES string of the molecule is Fc1cccc(F)c1NCc1nnnn1-c1ccccc1. The van der Waals surface area contributed by atoms with Gasteiger partial charge in [-0.2, -0.15) is 4.68 Å². The predicted octanol–water partition coefficient (Wildman–Crippen LogP) is 2.55. The van der Waals surface area contributed by atoms with E-state index in [0.29, 0.717) is 5.82 Å². The van der Waals surface area contributed by atoms with Crippen molar-refractivity contribution in [3.63, 3.8) is 0 Å². The highest BCUT2D eigenvalue weighted by Crippen LogP contribution is 2.18. The third-order valence-corrected chi connectivity index (χ3v) is 2.92. The second-order valence-corrected chi connectivity index (χ2v) is 4.29. The first-order chi connectivity index (χ1) is 10.3. The zero-order chi connectivity index (χ0) is 14.7. The fourth-order valence-electron chi connectivity index (χ4n) is 1.92. The second kappa shape index (κ2) is 5.66. The van der Waals surface area contributed by atoms with Crippen LogP contribution >= 0.6 is 0 Å². The number of hydrogen-bond donors (Lipinski definition) is 1. The van der Waals surface area contributed by atoms with Crippen molar-refractivity contribution in [1.82, 2.24) is 20.2 Å². The highest BCUT2D eigenvalue weighted by Gasteiger charge is 2.11. The van der Waals surface area contributed by atoms with Crippen molar-refractivity contribution in [3.8, 4) is 5.69 Å². The molecular weight excluding hydrogens is 276 g/mol. The molecule has 0 unspecified atom stereocenters. The van der Waals surface area contributed by atoms with Gasteiger partial charge in [0.1, 0.15) is 17.3 Å². The Kier molecular flexibility index (Phi) is 3.55. The largest absolute Gasteiger partial charge is 0.373 e. The van der Waals surface area contributed by atoms with Gasteiger partial charge in [-0.3, -0.25) is 0 Å². The van der Waals surface area contributed by atoms with Crippen LogP contribution in [0.2, 0.25) is 0 Å². The van der Waals surface area contributed by atoms with Crippen molar-refractivity contribution < 1.29 is 8.78 Å². The molecule has 3 rings (SSSR count). The molecule has 0 bridgehead atoms. The molecule has 0 aliphatic rings. The van der Waals surface area contributed by atoms with Crippen molar-refractivity contribution in [1.29, 1.82) is 0 Å². The van der Waals surface area contributed by atoms with Gasteiger partial charge in [0, 0.05) is 0 Å². The second-order valence-electron chi connectivity index (χ2n) is 4.29.